The number of hydrogen-bond acceptors (Lipinski definition) is 3. The van der Waals surface area contributed by atoms with Gasteiger partial charge >= 0.3 is 5.97 Å². The molecule has 4 heteroatoms. The van der Waals surface area contributed by atoms with Crippen molar-refractivity contribution in [2.24, 2.45) is 5.41 Å². The Kier molecular flexibility index (Phi) is 4.33. The predicted octanol–water partition coefficient (Wildman–Crippen LogP) is 2.07. The Morgan fingerprint density at radius 1 is 1.50 bits per heavy atom. The summed E-state index contributed by atoms with van der Waals surface area (Å²) < 4.78 is 10.9. The molecule has 1 fully saturated rings. The Balaban J connectivity index is 2.48. The summed E-state index contributed by atoms with van der Waals surface area (Å²) in [6.45, 7) is 7.37. The van der Waals surface area contributed by atoms with E-state index < -0.39 is 11.4 Å². The second-order valence-corrected chi connectivity index (χ2v) is 5.45. The van der Waals surface area contributed by atoms with Gasteiger partial charge < -0.3 is 14.6 Å². The largest absolute Gasteiger partial charge is 0.481 e. The second-order valence-electron chi connectivity index (χ2n) is 5.45. The van der Waals surface area contributed by atoms with E-state index in [2.05, 4.69) is 0 Å². The maximum absolute atomic E-state index is 11.3. The molecule has 94 valence electrons. The van der Waals surface area contributed by atoms with Crippen molar-refractivity contribution in [3.63, 3.8) is 0 Å². The van der Waals surface area contributed by atoms with Crippen molar-refractivity contribution in [2.75, 3.05) is 19.8 Å². The average Bonchev–Trinajstić information content (AvgIpc) is 2.17. The maximum atomic E-state index is 11.3. The van der Waals surface area contributed by atoms with E-state index >= 15 is 0 Å². The Hall–Kier alpha value is -0.610. The van der Waals surface area contributed by atoms with Gasteiger partial charge in [0.25, 0.3) is 0 Å². The Labute approximate surface area is 96.9 Å². The zero-order chi connectivity index (χ0) is 12.2. The molecule has 0 spiro atoms. The Morgan fingerprint density at radius 2 is 2.19 bits per heavy atom. The summed E-state index contributed by atoms with van der Waals surface area (Å²) in [5.41, 5.74) is -0.946. The minimum atomic E-state index is -0.760. The van der Waals surface area contributed by atoms with Crippen LogP contribution in [0.25, 0.3) is 0 Å². The Bertz CT molecular complexity index is 236. The first-order chi connectivity index (χ1) is 7.36. The minimum absolute atomic E-state index is 0.213. The van der Waals surface area contributed by atoms with E-state index in [9.17, 15) is 9.90 Å². The number of hydrogen-bond donors (Lipinski definition) is 1. The van der Waals surface area contributed by atoms with Crippen molar-refractivity contribution < 1.29 is 19.4 Å². The van der Waals surface area contributed by atoms with Crippen molar-refractivity contribution >= 4 is 5.97 Å². The molecule has 1 rings (SSSR count). The predicted molar refractivity (Wildman–Crippen MR) is 60.4 cm³/mol. The highest BCUT2D eigenvalue weighted by atomic mass is 16.5. The fourth-order valence-corrected chi connectivity index (χ4v) is 1.88. The van der Waals surface area contributed by atoms with Gasteiger partial charge in [-0.05, 0) is 40.0 Å². The van der Waals surface area contributed by atoms with Gasteiger partial charge in [-0.15, -0.1) is 0 Å². The number of rotatable bonds is 4. The first kappa shape index (κ1) is 13.5. The number of aliphatic carboxylic acids is 1. The standard InChI is InChI=1S/C12H22O4/c1-11(2,3)16-8-6-12(10(13)14)5-4-7-15-9-12/h4-9H2,1-3H3,(H,13,14). The van der Waals surface area contributed by atoms with Gasteiger partial charge in [-0.25, -0.2) is 0 Å². The van der Waals surface area contributed by atoms with E-state index in [0.717, 1.165) is 6.42 Å². The van der Waals surface area contributed by atoms with Gasteiger partial charge in [0.05, 0.1) is 17.6 Å². The zero-order valence-electron chi connectivity index (χ0n) is 10.4. The van der Waals surface area contributed by atoms with E-state index in [1.807, 2.05) is 20.8 Å². The molecule has 0 aliphatic carbocycles. The molecule has 1 heterocycles. The third-order valence-corrected chi connectivity index (χ3v) is 2.89. The summed E-state index contributed by atoms with van der Waals surface area (Å²) in [5, 5.41) is 9.28. The highest BCUT2D eigenvalue weighted by molar-refractivity contribution is 5.74. The SMILES string of the molecule is CC(C)(C)OCCC1(C(=O)O)CCCOC1. The van der Waals surface area contributed by atoms with Gasteiger partial charge in [-0.1, -0.05) is 0 Å². The van der Waals surface area contributed by atoms with Gasteiger partial charge in [0.2, 0.25) is 0 Å². The highest BCUT2D eigenvalue weighted by Gasteiger charge is 2.40. The summed E-state index contributed by atoms with van der Waals surface area (Å²) in [4.78, 5) is 11.3. The fourth-order valence-electron chi connectivity index (χ4n) is 1.88. The first-order valence-electron chi connectivity index (χ1n) is 5.81. The van der Waals surface area contributed by atoms with Crippen LogP contribution in [0.1, 0.15) is 40.0 Å². The average molecular weight is 230 g/mol. The van der Waals surface area contributed by atoms with Crippen LogP contribution >= 0.6 is 0 Å². The van der Waals surface area contributed by atoms with Crippen LogP contribution in [0.5, 0.6) is 0 Å². The summed E-state index contributed by atoms with van der Waals surface area (Å²) in [6.07, 6.45) is 2.04. The molecular formula is C12H22O4. The quantitative estimate of drug-likeness (QED) is 0.803. The normalized spacial score (nSPS) is 26.7. The van der Waals surface area contributed by atoms with E-state index in [1.165, 1.54) is 0 Å². The van der Waals surface area contributed by atoms with Crippen molar-refractivity contribution in [1.29, 1.82) is 0 Å². The van der Waals surface area contributed by atoms with Gasteiger partial charge in [0, 0.05) is 13.2 Å². The second kappa shape index (κ2) is 5.15. The molecule has 0 aromatic heterocycles. The van der Waals surface area contributed by atoms with E-state index in [0.29, 0.717) is 32.7 Å². The van der Waals surface area contributed by atoms with Crippen molar-refractivity contribution in [2.45, 2.75) is 45.6 Å². The molecule has 0 saturated carbocycles. The van der Waals surface area contributed by atoms with E-state index in [4.69, 9.17) is 9.47 Å². The van der Waals surface area contributed by atoms with Crippen molar-refractivity contribution in [3.8, 4) is 0 Å². The van der Waals surface area contributed by atoms with Crippen LogP contribution < -0.4 is 0 Å². The van der Waals surface area contributed by atoms with Crippen LogP contribution in [0.15, 0.2) is 0 Å². The van der Waals surface area contributed by atoms with Gasteiger partial charge in [-0.2, -0.15) is 0 Å². The van der Waals surface area contributed by atoms with Crippen molar-refractivity contribution in [3.05, 3.63) is 0 Å². The molecule has 0 radical (unpaired) electrons. The topological polar surface area (TPSA) is 55.8 Å². The minimum Gasteiger partial charge on any atom is -0.481 e. The Morgan fingerprint density at radius 3 is 2.62 bits per heavy atom. The zero-order valence-corrected chi connectivity index (χ0v) is 10.4. The molecule has 1 aliphatic heterocycles. The van der Waals surface area contributed by atoms with Crippen LogP contribution in [0.3, 0.4) is 0 Å². The van der Waals surface area contributed by atoms with E-state index in [-0.39, 0.29) is 5.60 Å². The number of carboxylic acid groups (broad SMARTS) is 1. The lowest BCUT2D eigenvalue weighted by molar-refractivity contribution is -0.160. The van der Waals surface area contributed by atoms with Crippen LogP contribution in [-0.4, -0.2) is 36.5 Å². The summed E-state index contributed by atoms with van der Waals surface area (Å²) in [6, 6.07) is 0. The first-order valence-corrected chi connectivity index (χ1v) is 5.81. The molecule has 1 aliphatic rings. The molecule has 0 bridgehead atoms. The molecule has 1 N–H and O–H groups in total. The molecule has 4 nitrogen and oxygen atoms in total. The van der Waals surface area contributed by atoms with E-state index in [1.54, 1.807) is 0 Å². The lowest BCUT2D eigenvalue weighted by Crippen LogP contribution is -2.41. The number of carbonyl (C=O) groups is 1. The molecule has 0 aromatic carbocycles. The third kappa shape index (κ3) is 3.76. The molecule has 1 atom stereocenters. The molecular weight excluding hydrogens is 208 g/mol. The number of carboxylic acids is 1. The summed E-state index contributed by atoms with van der Waals surface area (Å²) >= 11 is 0. The third-order valence-electron chi connectivity index (χ3n) is 2.89. The van der Waals surface area contributed by atoms with Gasteiger partial charge in [0.15, 0.2) is 0 Å². The molecule has 0 amide bonds. The van der Waals surface area contributed by atoms with Crippen LogP contribution in [0, 0.1) is 5.41 Å². The lowest BCUT2D eigenvalue weighted by atomic mass is 9.80. The molecule has 1 saturated heterocycles. The van der Waals surface area contributed by atoms with Crippen LogP contribution in [0.2, 0.25) is 0 Å². The fraction of sp³-hybridized carbons (Fsp3) is 0.917. The summed E-state index contributed by atoms with van der Waals surface area (Å²) in [5.74, 6) is -0.760. The highest BCUT2D eigenvalue weighted by Crippen LogP contribution is 2.33. The maximum Gasteiger partial charge on any atom is 0.312 e. The van der Waals surface area contributed by atoms with Gasteiger partial charge in [0.1, 0.15) is 0 Å². The van der Waals surface area contributed by atoms with Crippen molar-refractivity contribution in [1.82, 2.24) is 0 Å². The summed E-state index contributed by atoms with van der Waals surface area (Å²) in [7, 11) is 0. The monoisotopic (exact) mass is 230 g/mol. The van der Waals surface area contributed by atoms with Crippen LogP contribution in [-0.2, 0) is 14.3 Å². The van der Waals surface area contributed by atoms with Gasteiger partial charge in [-0.3, -0.25) is 4.79 Å². The molecule has 1 unspecified atom stereocenters. The number of ether oxygens (including phenoxy) is 2. The molecule has 0 aromatic rings. The molecule has 16 heavy (non-hydrogen) atoms. The smallest absolute Gasteiger partial charge is 0.312 e. The van der Waals surface area contributed by atoms with Crippen LogP contribution in [0.4, 0.5) is 0 Å². The lowest BCUT2D eigenvalue weighted by Gasteiger charge is -2.33.